The molecule has 0 aliphatic rings. The highest BCUT2D eigenvalue weighted by atomic mass is 16.5. The van der Waals surface area contributed by atoms with Crippen molar-refractivity contribution in [3.8, 4) is 11.1 Å². The van der Waals surface area contributed by atoms with Crippen LogP contribution in [0.5, 0.6) is 0 Å². The summed E-state index contributed by atoms with van der Waals surface area (Å²) in [5.41, 5.74) is 5.48. The Kier molecular flexibility index (Phi) is 5.49. The van der Waals surface area contributed by atoms with Crippen LogP contribution >= 0.6 is 0 Å². The third-order valence-corrected chi connectivity index (χ3v) is 4.19. The van der Waals surface area contributed by atoms with Crippen molar-refractivity contribution < 1.29 is 19.9 Å². The first-order chi connectivity index (χ1) is 13.1. The number of rotatable bonds is 5. The Labute approximate surface area is 156 Å². The minimum atomic E-state index is -1.12. The van der Waals surface area contributed by atoms with Gasteiger partial charge in [-0.1, -0.05) is 66.7 Å². The lowest BCUT2D eigenvalue weighted by molar-refractivity contribution is -0.129. The highest BCUT2D eigenvalue weighted by molar-refractivity contribution is 5.87. The van der Waals surface area contributed by atoms with Crippen molar-refractivity contribution in [3.63, 3.8) is 0 Å². The van der Waals surface area contributed by atoms with Crippen LogP contribution in [0.1, 0.15) is 17.0 Å². The van der Waals surface area contributed by atoms with Gasteiger partial charge in [-0.15, -0.1) is 0 Å². The van der Waals surface area contributed by atoms with E-state index in [1.54, 1.807) is 29.7 Å². The molecular weight excluding hydrogens is 344 g/mol. The molecule has 0 aromatic heterocycles. The molecule has 0 saturated carbocycles. The molecule has 3 rings (SSSR count). The van der Waals surface area contributed by atoms with E-state index >= 15 is 0 Å². The zero-order valence-corrected chi connectivity index (χ0v) is 14.3. The van der Waals surface area contributed by atoms with E-state index in [1.165, 1.54) is 0 Å². The van der Waals surface area contributed by atoms with Gasteiger partial charge in [0.25, 0.3) is 5.91 Å². The highest BCUT2D eigenvalue weighted by Crippen LogP contribution is 2.29. The normalized spacial score (nSPS) is 11.4. The number of benzene rings is 3. The second kappa shape index (κ2) is 8.16. The van der Waals surface area contributed by atoms with E-state index in [4.69, 9.17) is 10.3 Å². The first-order valence-corrected chi connectivity index (χ1v) is 8.27. The van der Waals surface area contributed by atoms with Gasteiger partial charge >= 0.3 is 6.09 Å². The van der Waals surface area contributed by atoms with Gasteiger partial charge in [-0.3, -0.25) is 15.3 Å². The predicted molar refractivity (Wildman–Crippen MR) is 102 cm³/mol. The summed E-state index contributed by atoms with van der Waals surface area (Å²) in [5, 5.41) is 20.2. The summed E-state index contributed by atoms with van der Waals surface area (Å²) in [6.07, 6.45) is -1.12. The fourth-order valence-electron chi connectivity index (χ4n) is 2.97. The van der Waals surface area contributed by atoms with Gasteiger partial charge < -0.3 is 5.11 Å². The van der Waals surface area contributed by atoms with E-state index in [0.717, 1.165) is 22.3 Å². The van der Waals surface area contributed by atoms with Gasteiger partial charge in [0.05, 0.1) is 5.92 Å². The largest absolute Gasteiger partial charge is 0.465 e. The smallest absolute Gasteiger partial charge is 0.409 e. The van der Waals surface area contributed by atoms with Gasteiger partial charge in [0.2, 0.25) is 0 Å². The first-order valence-electron chi connectivity index (χ1n) is 8.27. The van der Waals surface area contributed by atoms with E-state index < -0.39 is 17.9 Å². The van der Waals surface area contributed by atoms with Gasteiger partial charge in [-0.2, -0.15) is 0 Å². The van der Waals surface area contributed by atoms with Crippen LogP contribution in [0.15, 0.2) is 78.9 Å². The second-order valence-electron chi connectivity index (χ2n) is 5.95. The van der Waals surface area contributed by atoms with Crippen molar-refractivity contribution in [2.75, 3.05) is 5.32 Å². The molecule has 0 aliphatic heterocycles. The number of hydroxylamine groups is 1. The quantitative estimate of drug-likeness (QED) is 0.406. The van der Waals surface area contributed by atoms with Gasteiger partial charge in [-0.05, 0) is 34.4 Å². The van der Waals surface area contributed by atoms with Crippen molar-refractivity contribution >= 4 is 17.7 Å². The minimum absolute atomic E-state index is 0.476. The summed E-state index contributed by atoms with van der Waals surface area (Å²) in [4.78, 5) is 23.0. The molecule has 0 bridgehead atoms. The van der Waals surface area contributed by atoms with Crippen LogP contribution in [0.4, 0.5) is 10.5 Å². The lowest BCUT2D eigenvalue weighted by Gasteiger charge is -2.17. The highest BCUT2D eigenvalue weighted by Gasteiger charge is 2.22. The summed E-state index contributed by atoms with van der Waals surface area (Å²) in [6, 6.07) is 23.6. The molecule has 6 heteroatoms. The zero-order chi connectivity index (χ0) is 19.2. The van der Waals surface area contributed by atoms with Crippen molar-refractivity contribution in [1.29, 1.82) is 0 Å². The monoisotopic (exact) mass is 362 g/mol. The van der Waals surface area contributed by atoms with Crippen LogP contribution in [-0.2, 0) is 4.79 Å². The van der Waals surface area contributed by atoms with Gasteiger partial charge in [0, 0.05) is 5.69 Å². The third-order valence-electron chi connectivity index (χ3n) is 4.19. The number of anilines is 1. The Bertz CT molecular complexity index is 940. The Morgan fingerprint density at radius 2 is 1.44 bits per heavy atom. The van der Waals surface area contributed by atoms with Crippen molar-refractivity contribution in [2.24, 2.45) is 0 Å². The molecule has 0 aliphatic carbocycles. The molecular formula is C21H18N2O4. The average molecular weight is 362 g/mol. The summed E-state index contributed by atoms with van der Waals surface area (Å²) in [6.45, 7) is 0. The van der Waals surface area contributed by atoms with Crippen LogP contribution in [0.25, 0.3) is 11.1 Å². The van der Waals surface area contributed by atoms with Crippen LogP contribution in [-0.4, -0.2) is 22.3 Å². The standard InChI is InChI=1S/C21H18N2O4/c24-20(23-27)19(15-5-2-1-3-6-15)17-8-4-7-16(13-17)14-9-11-18(12-10-14)22-21(25)26/h1-13,19,22,27H,(H,23,24)(H,25,26). The summed E-state index contributed by atoms with van der Waals surface area (Å²) < 4.78 is 0. The van der Waals surface area contributed by atoms with Gasteiger partial charge in [-0.25, -0.2) is 10.3 Å². The van der Waals surface area contributed by atoms with E-state index in [-0.39, 0.29) is 0 Å². The Morgan fingerprint density at radius 1 is 0.778 bits per heavy atom. The maximum atomic E-state index is 12.3. The summed E-state index contributed by atoms with van der Waals surface area (Å²) >= 11 is 0. The lowest BCUT2D eigenvalue weighted by Crippen LogP contribution is -2.27. The minimum Gasteiger partial charge on any atom is -0.465 e. The van der Waals surface area contributed by atoms with E-state index in [1.807, 2.05) is 54.6 Å². The fourth-order valence-corrected chi connectivity index (χ4v) is 2.97. The molecule has 3 aromatic carbocycles. The predicted octanol–water partition coefficient (Wildman–Crippen LogP) is 4.08. The Morgan fingerprint density at radius 3 is 2.07 bits per heavy atom. The number of carboxylic acid groups (broad SMARTS) is 1. The molecule has 0 fully saturated rings. The molecule has 3 aromatic rings. The zero-order valence-electron chi connectivity index (χ0n) is 14.3. The van der Waals surface area contributed by atoms with E-state index in [2.05, 4.69) is 5.32 Å². The van der Waals surface area contributed by atoms with Crippen molar-refractivity contribution in [2.45, 2.75) is 5.92 Å². The molecule has 0 saturated heterocycles. The maximum Gasteiger partial charge on any atom is 0.409 e. The average Bonchev–Trinajstić information content (AvgIpc) is 2.69. The van der Waals surface area contributed by atoms with Crippen molar-refractivity contribution in [1.82, 2.24) is 5.48 Å². The van der Waals surface area contributed by atoms with Crippen LogP contribution in [0.2, 0.25) is 0 Å². The molecule has 6 nitrogen and oxygen atoms in total. The van der Waals surface area contributed by atoms with Gasteiger partial charge in [0.15, 0.2) is 0 Å². The first kappa shape index (κ1) is 18.2. The molecule has 1 unspecified atom stereocenters. The molecule has 0 radical (unpaired) electrons. The molecule has 27 heavy (non-hydrogen) atoms. The topological polar surface area (TPSA) is 98.7 Å². The molecule has 4 N–H and O–H groups in total. The van der Waals surface area contributed by atoms with Crippen LogP contribution in [0.3, 0.4) is 0 Å². The summed E-state index contributed by atoms with van der Waals surface area (Å²) in [5.74, 6) is -1.16. The number of hydrogen-bond donors (Lipinski definition) is 4. The number of amides is 2. The molecule has 0 heterocycles. The third kappa shape index (κ3) is 4.31. The summed E-state index contributed by atoms with van der Waals surface area (Å²) in [7, 11) is 0. The van der Waals surface area contributed by atoms with Crippen LogP contribution in [0, 0.1) is 0 Å². The number of carbonyl (C=O) groups is 2. The Balaban J connectivity index is 1.96. The fraction of sp³-hybridized carbons (Fsp3) is 0.0476. The molecule has 136 valence electrons. The lowest BCUT2D eigenvalue weighted by atomic mass is 9.89. The van der Waals surface area contributed by atoms with Crippen LogP contribution < -0.4 is 10.8 Å². The number of nitrogens with one attached hydrogen (secondary N) is 2. The molecule has 1 atom stereocenters. The van der Waals surface area contributed by atoms with E-state index in [9.17, 15) is 9.59 Å². The number of carbonyl (C=O) groups excluding carboxylic acids is 1. The maximum absolute atomic E-state index is 12.3. The Hall–Kier alpha value is -3.64. The number of hydrogen-bond acceptors (Lipinski definition) is 3. The molecule has 0 spiro atoms. The molecule has 2 amide bonds. The van der Waals surface area contributed by atoms with E-state index in [0.29, 0.717) is 5.69 Å². The SMILES string of the molecule is O=C(O)Nc1ccc(-c2cccc(C(C(=O)NO)c3ccccc3)c2)cc1. The second-order valence-corrected chi connectivity index (χ2v) is 5.95. The van der Waals surface area contributed by atoms with Crippen molar-refractivity contribution in [3.05, 3.63) is 90.0 Å². The van der Waals surface area contributed by atoms with Gasteiger partial charge in [0.1, 0.15) is 0 Å².